The van der Waals surface area contributed by atoms with E-state index < -0.39 is 0 Å². The quantitative estimate of drug-likeness (QED) is 0.518. The molecule has 1 aliphatic heterocycles. The van der Waals surface area contributed by atoms with Crippen molar-refractivity contribution >= 4 is 6.71 Å². The van der Waals surface area contributed by atoms with Crippen LogP contribution in [0.2, 0.25) is 18.5 Å². The first-order valence-electron chi connectivity index (χ1n) is 6.26. The molecule has 0 aliphatic carbocycles. The van der Waals surface area contributed by atoms with E-state index in [0.717, 1.165) is 12.5 Å². The molecule has 1 fully saturated rings. The maximum Gasteiger partial charge on any atom is 0.143 e. The fourth-order valence-corrected chi connectivity index (χ4v) is 2.41. The highest BCUT2D eigenvalue weighted by molar-refractivity contribution is 6.61. The van der Waals surface area contributed by atoms with Crippen molar-refractivity contribution in [1.29, 1.82) is 0 Å². The molecule has 0 aromatic rings. The summed E-state index contributed by atoms with van der Waals surface area (Å²) in [5.74, 6) is 0.867. The lowest BCUT2D eigenvalue weighted by molar-refractivity contribution is 0.177. The van der Waals surface area contributed by atoms with Gasteiger partial charge in [-0.3, -0.25) is 0 Å². The van der Waals surface area contributed by atoms with Gasteiger partial charge < -0.3 is 0 Å². The summed E-state index contributed by atoms with van der Waals surface area (Å²) in [5.41, 5.74) is 1.09. The maximum atomic E-state index is 2.43. The van der Waals surface area contributed by atoms with E-state index in [-0.39, 0.29) is 0 Å². The smallest absolute Gasteiger partial charge is 0.0693 e. The first-order valence-corrected chi connectivity index (χ1v) is 6.26. The molecule has 0 saturated carbocycles. The van der Waals surface area contributed by atoms with Crippen LogP contribution >= 0.6 is 0 Å². The molecular weight excluding hydrogens is 167 g/mol. The predicted molar refractivity (Wildman–Crippen MR) is 69.4 cm³/mol. The maximum absolute atomic E-state index is 2.43. The van der Waals surface area contributed by atoms with Crippen LogP contribution in [0.15, 0.2) is 0 Å². The predicted octanol–water partition coefficient (Wildman–Crippen LogP) is 4.98. The van der Waals surface area contributed by atoms with Crippen LogP contribution in [-0.2, 0) is 0 Å². The Morgan fingerprint density at radius 1 is 0.857 bits per heavy atom. The minimum absolute atomic E-state index is 0.544. The van der Waals surface area contributed by atoms with E-state index in [1.165, 1.54) is 12.6 Å². The Balaban J connectivity index is 0.000000791. The highest BCUT2D eigenvalue weighted by Gasteiger charge is 2.48. The Hall–Kier alpha value is 0.0649. The van der Waals surface area contributed by atoms with Crippen LogP contribution in [0.25, 0.3) is 0 Å². The molecule has 0 spiro atoms. The molecule has 0 unspecified atom stereocenters. The normalized spacial score (nSPS) is 23.4. The molecule has 0 radical (unpaired) electrons. The summed E-state index contributed by atoms with van der Waals surface area (Å²) in [6.07, 6.45) is 2.83. The highest BCUT2D eigenvalue weighted by Crippen LogP contribution is 2.54. The first-order chi connectivity index (χ1) is 6.26. The molecule has 0 N–H and O–H groups in total. The first kappa shape index (κ1) is 14.1. The lowest BCUT2D eigenvalue weighted by Gasteiger charge is -2.35. The standard InChI is InChI=1S/C11H23B.C2H6/c1-9(2)12-7-10(3,4)11(5,6)8-12;1-2/h9H,7-8H2,1-6H3;1-2H3. The third kappa shape index (κ3) is 2.78. The topological polar surface area (TPSA) is 0 Å². The van der Waals surface area contributed by atoms with Gasteiger partial charge in [0.2, 0.25) is 0 Å². The number of hydrogen-bond donors (Lipinski definition) is 0. The zero-order valence-electron chi connectivity index (χ0n) is 11.6. The van der Waals surface area contributed by atoms with Crippen molar-refractivity contribution in [2.24, 2.45) is 10.8 Å². The van der Waals surface area contributed by atoms with E-state index in [0.29, 0.717) is 10.8 Å². The van der Waals surface area contributed by atoms with Gasteiger partial charge in [0.1, 0.15) is 6.71 Å². The molecule has 0 nitrogen and oxygen atoms in total. The molecule has 1 aliphatic rings. The van der Waals surface area contributed by atoms with Crippen LogP contribution in [0.1, 0.15) is 55.4 Å². The SMILES string of the molecule is CC.CC(C)B1CC(C)(C)C(C)(C)C1. The summed E-state index contributed by atoms with van der Waals surface area (Å²) in [5, 5.41) is 0. The van der Waals surface area contributed by atoms with Gasteiger partial charge in [-0.15, -0.1) is 0 Å². The minimum atomic E-state index is 0.544. The second kappa shape index (κ2) is 4.72. The molecule has 0 aromatic carbocycles. The summed E-state index contributed by atoms with van der Waals surface area (Å²) in [6, 6.07) is 0. The van der Waals surface area contributed by atoms with Crippen LogP contribution in [-0.4, -0.2) is 6.71 Å². The molecule has 0 atom stereocenters. The fourth-order valence-electron chi connectivity index (χ4n) is 2.41. The molecule has 14 heavy (non-hydrogen) atoms. The van der Waals surface area contributed by atoms with Crippen molar-refractivity contribution < 1.29 is 0 Å². The third-order valence-electron chi connectivity index (χ3n) is 4.32. The van der Waals surface area contributed by atoms with Gasteiger partial charge in [-0.05, 0) is 10.8 Å². The summed E-state index contributed by atoms with van der Waals surface area (Å²) in [7, 11) is 0. The average molecular weight is 196 g/mol. The molecule has 0 bridgehead atoms. The average Bonchev–Trinajstić information content (AvgIpc) is 2.26. The Labute approximate surface area is 91.9 Å². The monoisotopic (exact) mass is 196 g/mol. The van der Waals surface area contributed by atoms with Crippen molar-refractivity contribution in [2.45, 2.75) is 73.8 Å². The summed E-state index contributed by atoms with van der Waals surface area (Å²) < 4.78 is 0. The number of rotatable bonds is 1. The van der Waals surface area contributed by atoms with Gasteiger partial charge in [-0.25, -0.2) is 0 Å². The highest BCUT2D eigenvalue weighted by atomic mass is 14.4. The molecule has 1 heterocycles. The molecular formula is C13H29B. The van der Waals surface area contributed by atoms with Crippen LogP contribution < -0.4 is 0 Å². The van der Waals surface area contributed by atoms with E-state index in [1.54, 1.807) is 0 Å². The molecule has 0 aromatic heterocycles. The van der Waals surface area contributed by atoms with Gasteiger partial charge in [-0.2, -0.15) is 0 Å². The molecule has 84 valence electrons. The van der Waals surface area contributed by atoms with Crippen LogP contribution in [0, 0.1) is 10.8 Å². The Morgan fingerprint density at radius 3 is 1.29 bits per heavy atom. The molecule has 1 heteroatoms. The Bertz CT molecular complexity index is 152. The Morgan fingerprint density at radius 2 is 1.14 bits per heavy atom. The van der Waals surface area contributed by atoms with Gasteiger partial charge in [-0.1, -0.05) is 73.8 Å². The van der Waals surface area contributed by atoms with Gasteiger partial charge in [0.15, 0.2) is 0 Å². The minimum Gasteiger partial charge on any atom is -0.0693 e. The lowest BCUT2D eigenvalue weighted by Crippen LogP contribution is -2.24. The van der Waals surface area contributed by atoms with Gasteiger partial charge >= 0.3 is 0 Å². The zero-order valence-corrected chi connectivity index (χ0v) is 11.6. The van der Waals surface area contributed by atoms with E-state index in [9.17, 15) is 0 Å². The lowest BCUT2D eigenvalue weighted by atomic mass is 9.39. The summed E-state index contributed by atoms with van der Waals surface area (Å²) in [4.78, 5) is 0. The van der Waals surface area contributed by atoms with E-state index >= 15 is 0 Å². The Kier molecular flexibility index (Phi) is 4.75. The van der Waals surface area contributed by atoms with Crippen molar-refractivity contribution in [3.8, 4) is 0 Å². The van der Waals surface area contributed by atoms with Gasteiger partial charge in [0.05, 0.1) is 0 Å². The zero-order chi connectivity index (χ0) is 11.6. The second-order valence-corrected chi connectivity index (χ2v) is 6.18. The van der Waals surface area contributed by atoms with Crippen molar-refractivity contribution in [1.82, 2.24) is 0 Å². The van der Waals surface area contributed by atoms with Crippen molar-refractivity contribution in [3.05, 3.63) is 0 Å². The van der Waals surface area contributed by atoms with Crippen molar-refractivity contribution in [2.75, 3.05) is 0 Å². The third-order valence-corrected chi connectivity index (χ3v) is 4.32. The van der Waals surface area contributed by atoms with Crippen LogP contribution in [0.4, 0.5) is 0 Å². The fraction of sp³-hybridized carbons (Fsp3) is 1.00. The van der Waals surface area contributed by atoms with Crippen LogP contribution in [0.3, 0.4) is 0 Å². The molecule has 0 amide bonds. The van der Waals surface area contributed by atoms with E-state index in [4.69, 9.17) is 0 Å². The summed E-state index contributed by atoms with van der Waals surface area (Å²) in [6.45, 7) is 19.4. The van der Waals surface area contributed by atoms with E-state index in [1.807, 2.05) is 13.8 Å². The second-order valence-electron chi connectivity index (χ2n) is 6.18. The number of hydrogen-bond acceptors (Lipinski definition) is 0. The van der Waals surface area contributed by atoms with Crippen LogP contribution in [0.5, 0.6) is 0 Å². The van der Waals surface area contributed by atoms with Crippen molar-refractivity contribution in [3.63, 3.8) is 0 Å². The summed E-state index contributed by atoms with van der Waals surface area (Å²) >= 11 is 0. The largest absolute Gasteiger partial charge is 0.143 e. The van der Waals surface area contributed by atoms with E-state index in [2.05, 4.69) is 41.5 Å². The molecule has 1 saturated heterocycles. The molecule has 1 rings (SSSR count). The van der Waals surface area contributed by atoms with Gasteiger partial charge in [0.25, 0.3) is 0 Å². The van der Waals surface area contributed by atoms with Gasteiger partial charge in [0, 0.05) is 0 Å².